The summed E-state index contributed by atoms with van der Waals surface area (Å²) in [5.41, 5.74) is 2.82. The minimum absolute atomic E-state index is 0.0927. The van der Waals surface area contributed by atoms with Crippen molar-refractivity contribution in [1.29, 1.82) is 0 Å². The van der Waals surface area contributed by atoms with Crippen LogP contribution in [0.3, 0.4) is 0 Å². The number of aliphatic hydroxyl groups excluding tert-OH is 2. The predicted molar refractivity (Wildman–Crippen MR) is 85.0 cm³/mol. The van der Waals surface area contributed by atoms with Crippen molar-refractivity contribution in [3.8, 4) is 5.75 Å². The second-order valence-corrected chi connectivity index (χ2v) is 7.77. The summed E-state index contributed by atoms with van der Waals surface area (Å²) >= 11 is 0. The van der Waals surface area contributed by atoms with Gasteiger partial charge in [-0.15, -0.1) is 0 Å². The summed E-state index contributed by atoms with van der Waals surface area (Å²) in [4.78, 5) is 0. The Morgan fingerprint density at radius 3 is 2.82 bits per heavy atom. The lowest BCUT2D eigenvalue weighted by Gasteiger charge is -2.49. The Hall–Kier alpha value is -1.06. The van der Waals surface area contributed by atoms with Crippen molar-refractivity contribution in [2.75, 3.05) is 7.11 Å². The first-order chi connectivity index (χ1) is 10.5. The van der Waals surface area contributed by atoms with E-state index < -0.39 is 12.2 Å². The van der Waals surface area contributed by atoms with E-state index in [0.717, 1.165) is 31.4 Å². The fourth-order valence-corrected chi connectivity index (χ4v) is 5.67. The van der Waals surface area contributed by atoms with Crippen LogP contribution in [0.25, 0.3) is 0 Å². The average Bonchev–Trinajstić information content (AvgIpc) is 2.77. The van der Waals surface area contributed by atoms with Gasteiger partial charge in [-0.2, -0.15) is 0 Å². The molecular weight excluding hydrogens is 276 g/mol. The number of rotatable bonds is 1. The molecule has 22 heavy (non-hydrogen) atoms. The summed E-state index contributed by atoms with van der Waals surface area (Å²) in [6, 6.07) is 6.51. The van der Waals surface area contributed by atoms with Gasteiger partial charge >= 0.3 is 0 Å². The molecule has 4 rings (SSSR count). The highest BCUT2D eigenvalue weighted by molar-refractivity contribution is 5.40. The van der Waals surface area contributed by atoms with Gasteiger partial charge in [-0.05, 0) is 78.5 Å². The van der Waals surface area contributed by atoms with Gasteiger partial charge in [0.15, 0.2) is 0 Å². The van der Waals surface area contributed by atoms with Crippen molar-refractivity contribution >= 4 is 0 Å². The maximum atomic E-state index is 10.4. The molecule has 2 fully saturated rings. The number of ether oxygens (including phenoxy) is 1. The molecule has 1 aromatic rings. The van der Waals surface area contributed by atoms with Gasteiger partial charge in [0.05, 0.1) is 19.3 Å². The fraction of sp³-hybridized carbons (Fsp3) is 0.684. The number of aryl methyl sites for hydroxylation is 1. The molecule has 0 aromatic heterocycles. The van der Waals surface area contributed by atoms with Crippen LogP contribution in [0.4, 0.5) is 0 Å². The van der Waals surface area contributed by atoms with Gasteiger partial charge in [-0.1, -0.05) is 13.0 Å². The number of benzene rings is 1. The SMILES string of the molecule is COc1ccc2c(c1)CC[C@H]1[C@H]2CC[C@@]2(C)[C@@H](O)[C@@H](O)C[C@@H]12. The lowest BCUT2D eigenvalue weighted by molar-refractivity contribution is -0.0505. The van der Waals surface area contributed by atoms with Gasteiger partial charge in [0.25, 0.3) is 0 Å². The van der Waals surface area contributed by atoms with E-state index in [-0.39, 0.29) is 5.41 Å². The van der Waals surface area contributed by atoms with Crippen LogP contribution in [0.2, 0.25) is 0 Å². The highest BCUT2D eigenvalue weighted by Crippen LogP contribution is 2.60. The van der Waals surface area contributed by atoms with Crippen molar-refractivity contribution in [2.45, 2.75) is 57.2 Å². The molecule has 0 radical (unpaired) electrons. The van der Waals surface area contributed by atoms with Gasteiger partial charge in [-0.25, -0.2) is 0 Å². The zero-order valence-corrected chi connectivity index (χ0v) is 13.5. The molecule has 2 N–H and O–H groups in total. The number of hydrogen-bond donors (Lipinski definition) is 2. The molecule has 0 spiro atoms. The van der Waals surface area contributed by atoms with Crippen molar-refractivity contribution in [3.63, 3.8) is 0 Å². The van der Waals surface area contributed by atoms with Crippen LogP contribution >= 0.6 is 0 Å². The van der Waals surface area contributed by atoms with Crippen LogP contribution < -0.4 is 4.74 Å². The Morgan fingerprint density at radius 1 is 1.23 bits per heavy atom. The monoisotopic (exact) mass is 302 g/mol. The zero-order valence-electron chi connectivity index (χ0n) is 13.5. The van der Waals surface area contributed by atoms with Crippen LogP contribution in [-0.2, 0) is 6.42 Å². The highest BCUT2D eigenvalue weighted by atomic mass is 16.5. The third kappa shape index (κ3) is 1.88. The summed E-state index contributed by atoms with van der Waals surface area (Å²) < 4.78 is 5.36. The summed E-state index contributed by atoms with van der Waals surface area (Å²) in [6.45, 7) is 2.19. The molecule has 0 bridgehead atoms. The highest BCUT2D eigenvalue weighted by Gasteiger charge is 2.57. The molecule has 2 saturated carbocycles. The Bertz CT molecular complexity index is 584. The van der Waals surface area contributed by atoms with Crippen molar-refractivity contribution in [1.82, 2.24) is 0 Å². The molecule has 1 aromatic carbocycles. The molecule has 3 nitrogen and oxygen atoms in total. The molecular formula is C19H26O3. The van der Waals surface area contributed by atoms with Gasteiger partial charge in [0.2, 0.25) is 0 Å². The molecule has 120 valence electrons. The summed E-state index contributed by atoms with van der Waals surface area (Å²) in [5, 5.41) is 20.6. The Morgan fingerprint density at radius 2 is 2.05 bits per heavy atom. The molecule has 6 atom stereocenters. The van der Waals surface area contributed by atoms with E-state index in [2.05, 4.69) is 25.1 Å². The van der Waals surface area contributed by atoms with E-state index in [9.17, 15) is 10.2 Å². The lowest BCUT2D eigenvalue weighted by atomic mass is 9.55. The van der Waals surface area contributed by atoms with Gasteiger partial charge < -0.3 is 14.9 Å². The van der Waals surface area contributed by atoms with E-state index >= 15 is 0 Å². The lowest BCUT2D eigenvalue weighted by Crippen LogP contribution is -2.44. The number of fused-ring (bicyclic) bond motifs is 5. The van der Waals surface area contributed by atoms with Crippen molar-refractivity contribution < 1.29 is 14.9 Å². The van der Waals surface area contributed by atoms with Gasteiger partial charge in [-0.3, -0.25) is 0 Å². The van der Waals surface area contributed by atoms with E-state index in [1.165, 1.54) is 17.5 Å². The number of hydrogen-bond acceptors (Lipinski definition) is 3. The first-order valence-corrected chi connectivity index (χ1v) is 8.57. The molecule has 3 aliphatic rings. The smallest absolute Gasteiger partial charge is 0.119 e. The van der Waals surface area contributed by atoms with Crippen LogP contribution in [0.1, 0.15) is 49.7 Å². The predicted octanol–water partition coefficient (Wildman–Crippen LogP) is 2.88. The minimum Gasteiger partial charge on any atom is -0.497 e. The molecule has 3 aliphatic carbocycles. The minimum atomic E-state index is -0.546. The van der Waals surface area contributed by atoms with Gasteiger partial charge in [0, 0.05) is 0 Å². The first kappa shape index (κ1) is 14.5. The number of methoxy groups -OCH3 is 1. The Labute approximate surface area is 132 Å². The standard InChI is InChI=1S/C19H26O3/c1-19-8-7-14-13-6-4-12(22-2)9-11(13)3-5-15(14)16(19)10-17(20)18(19)21/h4,6,9,14-18,20-21H,3,5,7-8,10H2,1-2H3/t14-,15-,16-,17-,18-,19+/m0/s1. The molecule has 0 heterocycles. The van der Waals surface area contributed by atoms with E-state index in [1.807, 2.05) is 0 Å². The topological polar surface area (TPSA) is 49.7 Å². The molecule has 0 aliphatic heterocycles. The largest absolute Gasteiger partial charge is 0.497 e. The van der Waals surface area contributed by atoms with Crippen LogP contribution in [0.15, 0.2) is 18.2 Å². The first-order valence-electron chi connectivity index (χ1n) is 8.57. The van der Waals surface area contributed by atoms with Crippen molar-refractivity contribution in [3.05, 3.63) is 29.3 Å². The third-order valence-corrected chi connectivity index (χ3v) is 6.91. The Kier molecular flexibility index (Phi) is 3.28. The zero-order chi connectivity index (χ0) is 15.5. The van der Waals surface area contributed by atoms with Crippen molar-refractivity contribution in [2.24, 2.45) is 17.3 Å². The maximum Gasteiger partial charge on any atom is 0.119 e. The summed E-state index contributed by atoms with van der Waals surface area (Å²) in [5.74, 6) is 2.59. The molecule has 0 saturated heterocycles. The average molecular weight is 302 g/mol. The fourth-order valence-electron chi connectivity index (χ4n) is 5.67. The van der Waals surface area contributed by atoms with Crippen LogP contribution in [0.5, 0.6) is 5.75 Å². The Balaban J connectivity index is 1.69. The molecule has 0 unspecified atom stereocenters. The van der Waals surface area contributed by atoms with E-state index in [0.29, 0.717) is 17.8 Å². The summed E-state index contributed by atoms with van der Waals surface area (Å²) in [7, 11) is 1.72. The third-order valence-electron chi connectivity index (χ3n) is 6.91. The second kappa shape index (κ2) is 4.97. The van der Waals surface area contributed by atoms with Crippen LogP contribution in [0, 0.1) is 17.3 Å². The molecule has 0 amide bonds. The maximum absolute atomic E-state index is 10.4. The van der Waals surface area contributed by atoms with Gasteiger partial charge in [0.1, 0.15) is 5.75 Å². The van der Waals surface area contributed by atoms with E-state index in [4.69, 9.17) is 4.74 Å². The number of aliphatic hydroxyl groups is 2. The molecule has 3 heteroatoms. The quantitative estimate of drug-likeness (QED) is 0.838. The second-order valence-electron chi connectivity index (χ2n) is 7.77. The normalized spacial score (nSPS) is 43.2. The van der Waals surface area contributed by atoms with Crippen LogP contribution in [-0.4, -0.2) is 29.5 Å². The summed E-state index contributed by atoms with van der Waals surface area (Å²) in [6.07, 6.45) is 4.09. The van der Waals surface area contributed by atoms with E-state index in [1.54, 1.807) is 7.11 Å².